The minimum Gasteiger partial charge on any atom is -0.466 e. The number of carbonyl (C=O) groups is 1. The topological polar surface area (TPSA) is 26.3 Å². The zero-order chi connectivity index (χ0) is 10.6. The molecular formula is C11H20O2. The van der Waals surface area contributed by atoms with Gasteiger partial charge in [-0.25, -0.2) is 4.79 Å². The molecule has 13 heavy (non-hydrogen) atoms. The van der Waals surface area contributed by atoms with Crippen molar-refractivity contribution in [3.05, 3.63) is 12.2 Å². The maximum Gasteiger partial charge on any atom is 0.333 e. The van der Waals surface area contributed by atoms with E-state index < -0.39 is 0 Å². The largest absolute Gasteiger partial charge is 0.466 e. The molecule has 0 aromatic rings. The van der Waals surface area contributed by atoms with Crippen molar-refractivity contribution in [2.45, 2.75) is 34.1 Å². The van der Waals surface area contributed by atoms with E-state index in [1.807, 2.05) is 0 Å². The smallest absolute Gasteiger partial charge is 0.333 e. The zero-order valence-electron chi connectivity index (χ0n) is 9.31. The Morgan fingerprint density at radius 3 is 2.23 bits per heavy atom. The second-order valence-electron chi connectivity index (χ2n) is 4.42. The van der Waals surface area contributed by atoms with E-state index in [4.69, 9.17) is 0 Å². The molecule has 0 heterocycles. The van der Waals surface area contributed by atoms with Crippen LogP contribution < -0.4 is 0 Å². The van der Waals surface area contributed by atoms with E-state index in [0.717, 1.165) is 0 Å². The molecule has 0 atom stereocenters. The van der Waals surface area contributed by atoms with Crippen molar-refractivity contribution in [1.82, 2.24) is 0 Å². The van der Waals surface area contributed by atoms with Gasteiger partial charge in [0.2, 0.25) is 0 Å². The van der Waals surface area contributed by atoms with Crippen LogP contribution in [0.3, 0.4) is 0 Å². The normalized spacial score (nSPS) is 11.5. The second-order valence-corrected chi connectivity index (χ2v) is 4.42. The van der Waals surface area contributed by atoms with Crippen LogP contribution in [0.4, 0.5) is 0 Å². The molecule has 0 rings (SSSR count). The molecule has 2 nitrogen and oxygen atoms in total. The van der Waals surface area contributed by atoms with Crippen molar-refractivity contribution >= 4 is 5.97 Å². The van der Waals surface area contributed by atoms with Crippen molar-refractivity contribution in [2.75, 3.05) is 7.11 Å². The number of ether oxygens (including phenoxy) is 1. The Kier molecular flexibility index (Phi) is 4.18. The highest BCUT2D eigenvalue weighted by molar-refractivity contribution is 5.87. The monoisotopic (exact) mass is 184 g/mol. The van der Waals surface area contributed by atoms with Crippen LogP contribution in [0.2, 0.25) is 0 Å². The van der Waals surface area contributed by atoms with E-state index in [-0.39, 0.29) is 11.4 Å². The summed E-state index contributed by atoms with van der Waals surface area (Å²) in [6.45, 7) is 12.3. The van der Waals surface area contributed by atoms with Crippen LogP contribution in [0.15, 0.2) is 12.2 Å². The third-order valence-electron chi connectivity index (χ3n) is 2.71. The highest BCUT2D eigenvalue weighted by Gasteiger charge is 2.25. The van der Waals surface area contributed by atoms with Crippen LogP contribution >= 0.6 is 0 Å². The van der Waals surface area contributed by atoms with E-state index >= 15 is 0 Å². The summed E-state index contributed by atoms with van der Waals surface area (Å²) in [5.41, 5.74) is 0.659. The molecule has 0 fully saturated rings. The Labute approximate surface area is 81.0 Å². The van der Waals surface area contributed by atoms with Crippen molar-refractivity contribution in [2.24, 2.45) is 11.3 Å². The van der Waals surface area contributed by atoms with Gasteiger partial charge in [0.05, 0.1) is 7.11 Å². The Morgan fingerprint density at radius 2 is 1.92 bits per heavy atom. The van der Waals surface area contributed by atoms with E-state index in [1.165, 1.54) is 7.11 Å². The summed E-state index contributed by atoms with van der Waals surface area (Å²) < 4.78 is 4.60. The third kappa shape index (κ3) is 3.62. The summed E-state index contributed by atoms with van der Waals surface area (Å²) in [5, 5.41) is 0. The lowest BCUT2D eigenvalue weighted by Gasteiger charge is -2.29. The van der Waals surface area contributed by atoms with E-state index in [9.17, 15) is 4.79 Å². The first-order chi connectivity index (χ1) is 5.81. The van der Waals surface area contributed by atoms with Crippen LogP contribution in [-0.4, -0.2) is 13.1 Å². The van der Waals surface area contributed by atoms with Gasteiger partial charge in [0.1, 0.15) is 0 Å². The maximum atomic E-state index is 11.1. The Hall–Kier alpha value is -0.790. The molecule has 76 valence electrons. The van der Waals surface area contributed by atoms with E-state index in [2.05, 4.69) is 39.0 Å². The molecule has 0 unspecified atom stereocenters. The summed E-state index contributed by atoms with van der Waals surface area (Å²) in [5.74, 6) is 0.225. The van der Waals surface area contributed by atoms with Gasteiger partial charge in [0, 0.05) is 5.57 Å². The molecule has 0 aromatic heterocycles. The number of hydrogen-bond donors (Lipinski definition) is 0. The molecular weight excluding hydrogens is 164 g/mol. The van der Waals surface area contributed by atoms with Crippen LogP contribution in [0.5, 0.6) is 0 Å². The minimum atomic E-state index is -0.297. The molecule has 2 heteroatoms. The average molecular weight is 184 g/mol. The number of hydrogen-bond acceptors (Lipinski definition) is 2. The SMILES string of the molecule is C=C(CC(C)(C)C(C)C)C(=O)OC. The predicted molar refractivity (Wildman–Crippen MR) is 54.4 cm³/mol. The number of methoxy groups -OCH3 is 1. The quantitative estimate of drug-likeness (QED) is 0.496. The maximum absolute atomic E-state index is 11.1. The summed E-state index contributed by atoms with van der Waals surface area (Å²) in [4.78, 5) is 11.1. The number of esters is 1. The van der Waals surface area contributed by atoms with Gasteiger partial charge in [-0.05, 0) is 17.8 Å². The molecule has 0 aromatic carbocycles. The number of rotatable bonds is 4. The van der Waals surface area contributed by atoms with Crippen molar-refractivity contribution < 1.29 is 9.53 Å². The first-order valence-electron chi connectivity index (χ1n) is 4.57. The van der Waals surface area contributed by atoms with Gasteiger partial charge in [-0.2, -0.15) is 0 Å². The first-order valence-corrected chi connectivity index (χ1v) is 4.57. The summed E-state index contributed by atoms with van der Waals surface area (Å²) in [7, 11) is 1.38. The fourth-order valence-corrected chi connectivity index (χ4v) is 0.971. The summed E-state index contributed by atoms with van der Waals surface area (Å²) in [6, 6.07) is 0. The van der Waals surface area contributed by atoms with Gasteiger partial charge in [0.25, 0.3) is 0 Å². The fraction of sp³-hybridized carbons (Fsp3) is 0.727. The molecule has 0 saturated carbocycles. The highest BCUT2D eigenvalue weighted by atomic mass is 16.5. The summed E-state index contributed by atoms with van der Waals surface area (Å²) in [6.07, 6.45) is 0.692. The zero-order valence-corrected chi connectivity index (χ0v) is 9.31. The molecule has 0 aliphatic rings. The van der Waals surface area contributed by atoms with Gasteiger partial charge < -0.3 is 4.74 Å². The molecule has 0 bridgehead atoms. The number of carbonyl (C=O) groups excluding carboxylic acids is 1. The van der Waals surface area contributed by atoms with Gasteiger partial charge in [0.15, 0.2) is 0 Å². The van der Waals surface area contributed by atoms with E-state index in [0.29, 0.717) is 17.9 Å². The van der Waals surface area contributed by atoms with Crippen molar-refractivity contribution in [3.8, 4) is 0 Å². The fourth-order valence-electron chi connectivity index (χ4n) is 0.971. The third-order valence-corrected chi connectivity index (χ3v) is 2.71. The molecule has 0 aliphatic carbocycles. The summed E-state index contributed by atoms with van der Waals surface area (Å²) >= 11 is 0. The van der Waals surface area contributed by atoms with Crippen molar-refractivity contribution in [1.29, 1.82) is 0 Å². The Balaban J connectivity index is 4.28. The molecule has 0 radical (unpaired) electrons. The van der Waals surface area contributed by atoms with Gasteiger partial charge >= 0.3 is 5.97 Å². The lowest BCUT2D eigenvalue weighted by Crippen LogP contribution is -2.22. The molecule has 0 amide bonds. The lowest BCUT2D eigenvalue weighted by molar-refractivity contribution is -0.136. The van der Waals surface area contributed by atoms with E-state index in [1.54, 1.807) is 0 Å². The minimum absolute atomic E-state index is 0.102. The van der Waals surface area contributed by atoms with Crippen LogP contribution in [0.1, 0.15) is 34.1 Å². The average Bonchev–Trinajstić information content (AvgIpc) is 2.01. The Bertz CT molecular complexity index is 202. The molecule has 0 saturated heterocycles. The second kappa shape index (κ2) is 4.45. The molecule has 0 N–H and O–H groups in total. The Morgan fingerprint density at radius 1 is 1.46 bits per heavy atom. The van der Waals surface area contributed by atoms with Crippen LogP contribution in [0, 0.1) is 11.3 Å². The van der Waals surface area contributed by atoms with Crippen molar-refractivity contribution in [3.63, 3.8) is 0 Å². The first kappa shape index (κ1) is 12.2. The van der Waals surface area contributed by atoms with Crippen LogP contribution in [-0.2, 0) is 9.53 Å². The molecule has 0 aliphatic heterocycles. The highest BCUT2D eigenvalue weighted by Crippen LogP contribution is 2.32. The van der Waals surface area contributed by atoms with Crippen LogP contribution in [0.25, 0.3) is 0 Å². The van der Waals surface area contributed by atoms with Gasteiger partial charge in [-0.3, -0.25) is 0 Å². The van der Waals surface area contributed by atoms with Gasteiger partial charge in [-0.15, -0.1) is 0 Å². The van der Waals surface area contributed by atoms with Gasteiger partial charge in [-0.1, -0.05) is 34.3 Å². The predicted octanol–water partition coefficient (Wildman–Crippen LogP) is 2.79. The standard InChI is InChI=1S/C11H20O2/c1-8(2)11(4,5)7-9(3)10(12)13-6/h8H,3,7H2,1-2,4-6H3. The molecule has 0 spiro atoms. The lowest BCUT2D eigenvalue weighted by atomic mass is 9.76.